The molecule has 0 bridgehead atoms. The van der Waals surface area contributed by atoms with Crippen molar-refractivity contribution >= 4 is 0 Å². The first-order valence-electron chi connectivity index (χ1n) is 10.2. The lowest BCUT2D eigenvalue weighted by Crippen LogP contribution is -2.54. The Kier molecular flexibility index (Phi) is 8.55. The Bertz CT molecular complexity index is 557. The lowest BCUT2D eigenvalue weighted by Gasteiger charge is -2.44. The first kappa shape index (κ1) is 22.2. The average Bonchev–Trinajstić information content (AvgIpc) is 2.56. The molecule has 0 unspecified atom stereocenters. The van der Waals surface area contributed by atoms with Crippen molar-refractivity contribution in [2.24, 2.45) is 5.41 Å². The summed E-state index contributed by atoms with van der Waals surface area (Å²) in [7, 11) is 4.11. The molecule has 1 aliphatic heterocycles. The maximum absolute atomic E-state index is 9.50. The van der Waals surface area contributed by atoms with Crippen LogP contribution in [0.5, 0.6) is 5.75 Å². The second kappa shape index (κ2) is 10.4. The average molecular weight is 378 g/mol. The summed E-state index contributed by atoms with van der Waals surface area (Å²) in [6.07, 6.45) is 0.847. The molecule has 5 heteroatoms. The highest BCUT2D eigenvalue weighted by molar-refractivity contribution is 5.28. The number of hydrogen-bond acceptors (Lipinski definition) is 5. The number of piperazine rings is 1. The van der Waals surface area contributed by atoms with Gasteiger partial charge in [-0.05, 0) is 43.6 Å². The maximum Gasteiger partial charge on any atom is 0.119 e. The Hall–Kier alpha value is -1.14. The molecule has 1 aliphatic rings. The number of hydrogen-bond donors (Lipinski definition) is 1. The van der Waals surface area contributed by atoms with Crippen molar-refractivity contribution in [2.45, 2.75) is 39.8 Å². The molecule has 1 N–H and O–H groups in total. The predicted molar refractivity (Wildman–Crippen MR) is 112 cm³/mol. The molecule has 1 aromatic rings. The van der Waals surface area contributed by atoms with Gasteiger partial charge >= 0.3 is 0 Å². The van der Waals surface area contributed by atoms with Gasteiger partial charge in [0.2, 0.25) is 0 Å². The molecule has 1 heterocycles. The van der Waals surface area contributed by atoms with E-state index in [1.54, 1.807) is 0 Å². The number of benzene rings is 1. The van der Waals surface area contributed by atoms with Gasteiger partial charge in [0.25, 0.3) is 0 Å². The van der Waals surface area contributed by atoms with E-state index < -0.39 is 0 Å². The second-order valence-corrected chi connectivity index (χ2v) is 9.23. The fourth-order valence-corrected chi connectivity index (χ4v) is 3.68. The highest BCUT2D eigenvalue weighted by atomic mass is 16.5. The van der Waals surface area contributed by atoms with E-state index in [1.807, 2.05) is 6.07 Å². The minimum absolute atomic E-state index is 0.258. The lowest BCUT2D eigenvalue weighted by atomic mass is 9.94. The third-order valence-corrected chi connectivity index (χ3v) is 4.94. The molecule has 0 spiro atoms. The van der Waals surface area contributed by atoms with Crippen molar-refractivity contribution in [3.63, 3.8) is 0 Å². The first-order chi connectivity index (χ1) is 12.8. The van der Waals surface area contributed by atoms with Gasteiger partial charge in [0.15, 0.2) is 0 Å². The SMILES string of the molecule is CN(C)CCOc1cccc(CN2CCN(CC(C)(C)C)[C@H](CCO)C2)c1. The molecule has 0 aromatic heterocycles. The van der Waals surface area contributed by atoms with E-state index in [0.29, 0.717) is 12.6 Å². The zero-order valence-corrected chi connectivity index (χ0v) is 17.9. The van der Waals surface area contributed by atoms with Crippen molar-refractivity contribution in [3.8, 4) is 5.75 Å². The van der Waals surface area contributed by atoms with Crippen molar-refractivity contribution in [3.05, 3.63) is 29.8 Å². The summed E-state index contributed by atoms with van der Waals surface area (Å²) in [6, 6.07) is 8.90. The summed E-state index contributed by atoms with van der Waals surface area (Å²) in [5.74, 6) is 0.952. The Labute approximate surface area is 165 Å². The van der Waals surface area contributed by atoms with Crippen LogP contribution < -0.4 is 4.74 Å². The topological polar surface area (TPSA) is 39.2 Å². The van der Waals surface area contributed by atoms with E-state index in [-0.39, 0.29) is 12.0 Å². The summed E-state index contributed by atoms with van der Waals surface area (Å²) < 4.78 is 5.88. The minimum Gasteiger partial charge on any atom is -0.492 e. The van der Waals surface area contributed by atoms with Crippen LogP contribution in [0.1, 0.15) is 32.8 Å². The molecule has 154 valence electrons. The van der Waals surface area contributed by atoms with Gasteiger partial charge in [0.05, 0.1) is 0 Å². The standard InChI is InChI=1S/C22H39N3O2/c1-22(2,3)18-25-11-10-24(17-20(25)9-13-26)16-19-7-6-8-21(15-19)27-14-12-23(4)5/h6-8,15,20,26H,9-14,16-18H2,1-5H3/t20-/m1/s1. The highest BCUT2D eigenvalue weighted by Crippen LogP contribution is 2.23. The summed E-state index contributed by atoms with van der Waals surface area (Å²) in [4.78, 5) is 7.20. The number of rotatable bonds is 9. The van der Waals surface area contributed by atoms with Crippen LogP contribution in [0.2, 0.25) is 0 Å². The van der Waals surface area contributed by atoms with E-state index in [0.717, 1.165) is 51.4 Å². The maximum atomic E-state index is 9.50. The van der Waals surface area contributed by atoms with Gasteiger partial charge in [-0.25, -0.2) is 0 Å². The van der Waals surface area contributed by atoms with Gasteiger partial charge in [-0.3, -0.25) is 9.80 Å². The van der Waals surface area contributed by atoms with Crippen LogP contribution in [0.25, 0.3) is 0 Å². The Morgan fingerprint density at radius 1 is 1.22 bits per heavy atom. The quantitative estimate of drug-likeness (QED) is 0.716. The van der Waals surface area contributed by atoms with Crippen molar-refractivity contribution in [1.29, 1.82) is 0 Å². The molecule has 1 saturated heterocycles. The molecule has 0 radical (unpaired) electrons. The smallest absolute Gasteiger partial charge is 0.119 e. The van der Waals surface area contributed by atoms with Gasteiger partial charge in [0.1, 0.15) is 12.4 Å². The molecular formula is C22H39N3O2. The van der Waals surface area contributed by atoms with E-state index in [1.165, 1.54) is 5.56 Å². The zero-order chi connectivity index (χ0) is 19.9. The van der Waals surface area contributed by atoms with Crippen LogP contribution in [0.3, 0.4) is 0 Å². The predicted octanol–water partition coefficient (Wildman–Crippen LogP) is 2.54. The molecule has 0 saturated carbocycles. The van der Waals surface area contributed by atoms with Crippen LogP contribution in [0, 0.1) is 5.41 Å². The Morgan fingerprint density at radius 3 is 2.67 bits per heavy atom. The number of aliphatic hydroxyl groups excluding tert-OH is 1. The van der Waals surface area contributed by atoms with Gasteiger partial charge in [-0.1, -0.05) is 32.9 Å². The second-order valence-electron chi connectivity index (χ2n) is 9.23. The third kappa shape index (κ3) is 8.18. The molecule has 1 aromatic carbocycles. The number of nitrogens with zero attached hydrogens (tertiary/aromatic N) is 3. The van der Waals surface area contributed by atoms with Gasteiger partial charge in [0, 0.05) is 51.9 Å². The summed E-state index contributed by atoms with van der Waals surface area (Å²) in [5.41, 5.74) is 1.58. The number of likely N-dealkylation sites (N-methyl/N-ethyl adjacent to an activating group) is 1. The van der Waals surface area contributed by atoms with Crippen molar-refractivity contribution < 1.29 is 9.84 Å². The van der Waals surface area contributed by atoms with Crippen LogP contribution >= 0.6 is 0 Å². The molecular weight excluding hydrogens is 338 g/mol. The molecule has 5 nitrogen and oxygen atoms in total. The molecule has 27 heavy (non-hydrogen) atoms. The van der Waals surface area contributed by atoms with E-state index >= 15 is 0 Å². The van der Waals surface area contributed by atoms with Gasteiger partial charge < -0.3 is 14.7 Å². The van der Waals surface area contributed by atoms with Crippen LogP contribution in [-0.4, -0.2) is 85.9 Å². The van der Waals surface area contributed by atoms with Crippen LogP contribution in [0.15, 0.2) is 24.3 Å². The fraction of sp³-hybridized carbons (Fsp3) is 0.727. The van der Waals surface area contributed by atoms with Crippen molar-refractivity contribution in [2.75, 3.05) is 60.0 Å². The first-order valence-corrected chi connectivity index (χ1v) is 10.2. The summed E-state index contributed by atoms with van der Waals surface area (Å²) >= 11 is 0. The monoisotopic (exact) mass is 377 g/mol. The fourth-order valence-electron chi connectivity index (χ4n) is 3.68. The minimum atomic E-state index is 0.258. The molecule has 1 fully saturated rings. The van der Waals surface area contributed by atoms with Gasteiger partial charge in [-0.15, -0.1) is 0 Å². The molecule has 2 rings (SSSR count). The Balaban J connectivity index is 1.91. The van der Waals surface area contributed by atoms with E-state index in [2.05, 4.69) is 67.8 Å². The summed E-state index contributed by atoms with van der Waals surface area (Å²) in [6.45, 7) is 13.9. The molecule has 0 aliphatic carbocycles. The number of aliphatic hydroxyl groups is 1. The Morgan fingerprint density at radius 2 is 2.00 bits per heavy atom. The lowest BCUT2D eigenvalue weighted by molar-refractivity contribution is 0.0339. The highest BCUT2D eigenvalue weighted by Gasteiger charge is 2.29. The zero-order valence-electron chi connectivity index (χ0n) is 17.9. The van der Waals surface area contributed by atoms with Crippen LogP contribution in [-0.2, 0) is 6.54 Å². The third-order valence-electron chi connectivity index (χ3n) is 4.94. The molecule has 0 amide bonds. The molecule has 1 atom stereocenters. The van der Waals surface area contributed by atoms with E-state index in [4.69, 9.17) is 4.74 Å². The van der Waals surface area contributed by atoms with Crippen LogP contribution in [0.4, 0.5) is 0 Å². The summed E-state index contributed by atoms with van der Waals surface area (Å²) in [5, 5.41) is 9.50. The van der Waals surface area contributed by atoms with Gasteiger partial charge in [-0.2, -0.15) is 0 Å². The van der Waals surface area contributed by atoms with Crippen molar-refractivity contribution in [1.82, 2.24) is 14.7 Å². The largest absolute Gasteiger partial charge is 0.492 e. The number of ether oxygens (including phenoxy) is 1. The normalized spacial score (nSPS) is 19.6. The van der Waals surface area contributed by atoms with E-state index in [9.17, 15) is 5.11 Å².